The Kier molecular flexibility index (Phi) is 8.56. The number of ether oxygens (including phenoxy) is 1. The molecule has 0 spiro atoms. The van der Waals surface area contributed by atoms with E-state index in [1.165, 1.54) is 5.56 Å². The molecule has 1 saturated heterocycles. The second-order valence-corrected chi connectivity index (χ2v) is 6.30. The van der Waals surface area contributed by atoms with Crippen molar-refractivity contribution < 1.29 is 9.53 Å². The van der Waals surface area contributed by atoms with Gasteiger partial charge in [-0.3, -0.25) is 4.79 Å². The summed E-state index contributed by atoms with van der Waals surface area (Å²) in [5, 5.41) is 0. The molecule has 1 aliphatic heterocycles. The fraction of sp³-hybridized carbons (Fsp3) is 0.444. The van der Waals surface area contributed by atoms with Gasteiger partial charge in [0.1, 0.15) is 11.9 Å². The van der Waals surface area contributed by atoms with Crippen molar-refractivity contribution in [3.63, 3.8) is 0 Å². The summed E-state index contributed by atoms with van der Waals surface area (Å²) in [6.07, 6.45) is 3.68. The van der Waals surface area contributed by atoms with E-state index >= 15 is 0 Å². The fourth-order valence-corrected chi connectivity index (χ4v) is 3.24. The van der Waals surface area contributed by atoms with Crippen LogP contribution in [0.2, 0.25) is 0 Å². The van der Waals surface area contributed by atoms with Gasteiger partial charge in [-0.2, -0.15) is 0 Å². The Bertz CT molecular complexity index is 723. The lowest BCUT2D eigenvalue weighted by atomic mass is 10.1. The molecule has 2 aromatic rings. The van der Waals surface area contributed by atoms with E-state index in [-0.39, 0.29) is 43.4 Å². The van der Waals surface area contributed by atoms with Gasteiger partial charge in [0.25, 0.3) is 0 Å². The van der Waals surface area contributed by atoms with Gasteiger partial charge in [0.2, 0.25) is 5.91 Å². The van der Waals surface area contributed by atoms with E-state index in [0.717, 1.165) is 29.9 Å². The van der Waals surface area contributed by atoms with Gasteiger partial charge in [0.15, 0.2) is 0 Å². The highest BCUT2D eigenvalue weighted by Crippen LogP contribution is 2.32. The number of amides is 1. The predicted molar refractivity (Wildman–Crippen MR) is 107 cm³/mol. The number of H-pyrrole nitrogens is 1. The van der Waals surface area contributed by atoms with E-state index in [2.05, 4.69) is 35.1 Å². The van der Waals surface area contributed by atoms with Gasteiger partial charge in [-0.25, -0.2) is 4.98 Å². The SMILES string of the molecule is COCC(N)C(=O)N1CCCC1c1ncc(-c2cccc(C)c2)[nH]1.Cl.Cl. The minimum atomic E-state index is -0.623. The lowest BCUT2D eigenvalue weighted by Gasteiger charge is -2.26. The summed E-state index contributed by atoms with van der Waals surface area (Å²) in [6, 6.07) is 7.59. The van der Waals surface area contributed by atoms with Gasteiger partial charge in [-0.15, -0.1) is 24.8 Å². The molecule has 6 nitrogen and oxygen atoms in total. The first-order valence-electron chi connectivity index (χ1n) is 8.27. The number of hydrogen-bond acceptors (Lipinski definition) is 4. The Labute approximate surface area is 166 Å². The first kappa shape index (κ1) is 22.4. The zero-order chi connectivity index (χ0) is 17.1. The number of methoxy groups -OCH3 is 1. The van der Waals surface area contributed by atoms with Gasteiger partial charge >= 0.3 is 0 Å². The zero-order valence-electron chi connectivity index (χ0n) is 15.0. The summed E-state index contributed by atoms with van der Waals surface area (Å²) < 4.78 is 5.00. The maximum absolute atomic E-state index is 12.5. The Morgan fingerprint density at radius 2 is 2.23 bits per heavy atom. The third kappa shape index (κ3) is 4.76. The number of nitrogens with zero attached hydrogens (tertiary/aromatic N) is 2. The van der Waals surface area contributed by atoms with Crippen LogP contribution in [-0.4, -0.2) is 47.1 Å². The summed E-state index contributed by atoms with van der Waals surface area (Å²) in [5.74, 6) is 0.745. The second-order valence-electron chi connectivity index (χ2n) is 6.30. The lowest BCUT2D eigenvalue weighted by Crippen LogP contribution is -2.45. The molecule has 1 aliphatic rings. The van der Waals surface area contributed by atoms with Gasteiger partial charge < -0.3 is 20.4 Å². The molecule has 3 rings (SSSR count). The molecule has 0 saturated carbocycles. The summed E-state index contributed by atoms with van der Waals surface area (Å²) >= 11 is 0. The number of hydrogen-bond donors (Lipinski definition) is 2. The molecule has 144 valence electrons. The van der Waals surface area contributed by atoms with E-state index < -0.39 is 6.04 Å². The number of carbonyl (C=O) groups excluding carboxylic acids is 1. The number of imidazole rings is 1. The highest BCUT2D eigenvalue weighted by atomic mass is 35.5. The van der Waals surface area contributed by atoms with Crippen molar-refractivity contribution in [3.8, 4) is 11.3 Å². The molecule has 8 heteroatoms. The number of nitrogens with two attached hydrogens (primary N) is 1. The average molecular weight is 401 g/mol. The van der Waals surface area contributed by atoms with Crippen LogP contribution in [0.4, 0.5) is 0 Å². The standard InChI is InChI=1S/C18H24N4O2.2ClH/c1-12-5-3-6-13(9-12)15-10-20-17(21-15)16-7-4-8-22(16)18(23)14(19)11-24-2;;/h3,5-6,9-10,14,16H,4,7-8,11,19H2,1-2H3,(H,20,21);2*1H. The van der Waals surface area contributed by atoms with Crippen molar-refractivity contribution in [2.24, 2.45) is 5.73 Å². The lowest BCUT2D eigenvalue weighted by molar-refractivity contribution is -0.134. The third-order valence-electron chi connectivity index (χ3n) is 4.44. The second kappa shape index (κ2) is 9.92. The normalized spacial score (nSPS) is 17.3. The van der Waals surface area contributed by atoms with Crippen molar-refractivity contribution in [1.29, 1.82) is 0 Å². The topological polar surface area (TPSA) is 84.2 Å². The number of benzene rings is 1. The van der Waals surface area contributed by atoms with Crippen molar-refractivity contribution >= 4 is 30.7 Å². The number of nitrogens with one attached hydrogen (secondary N) is 1. The molecule has 0 radical (unpaired) electrons. The maximum atomic E-state index is 12.5. The monoisotopic (exact) mass is 400 g/mol. The Balaban J connectivity index is 0.00000169. The molecular formula is C18H26Cl2N4O2. The summed E-state index contributed by atoms with van der Waals surface area (Å²) in [4.78, 5) is 22.2. The summed E-state index contributed by atoms with van der Waals surface area (Å²) in [7, 11) is 1.55. The molecule has 2 heterocycles. The highest BCUT2D eigenvalue weighted by Gasteiger charge is 2.34. The van der Waals surface area contributed by atoms with Crippen LogP contribution in [0.5, 0.6) is 0 Å². The van der Waals surface area contributed by atoms with Crippen molar-refractivity contribution in [1.82, 2.24) is 14.9 Å². The Hall–Kier alpha value is -1.60. The van der Waals surface area contributed by atoms with E-state index in [1.807, 2.05) is 17.2 Å². The molecule has 26 heavy (non-hydrogen) atoms. The Morgan fingerprint density at radius 1 is 1.46 bits per heavy atom. The van der Waals surface area contributed by atoms with Gasteiger partial charge in [-0.05, 0) is 31.4 Å². The van der Waals surface area contributed by atoms with E-state index in [1.54, 1.807) is 7.11 Å². The number of halogens is 2. The van der Waals surface area contributed by atoms with E-state index in [4.69, 9.17) is 10.5 Å². The number of aromatic amines is 1. The predicted octanol–water partition coefficient (Wildman–Crippen LogP) is 2.87. The average Bonchev–Trinajstić information content (AvgIpc) is 3.23. The van der Waals surface area contributed by atoms with Crippen LogP contribution in [0.25, 0.3) is 11.3 Å². The molecule has 2 atom stereocenters. The third-order valence-corrected chi connectivity index (χ3v) is 4.44. The van der Waals surface area contributed by atoms with Crippen molar-refractivity contribution in [3.05, 3.63) is 41.9 Å². The molecule has 0 bridgehead atoms. The summed E-state index contributed by atoms with van der Waals surface area (Å²) in [6.45, 7) is 3.01. The Morgan fingerprint density at radius 3 is 2.92 bits per heavy atom. The van der Waals surface area contributed by atoms with Crippen molar-refractivity contribution in [2.75, 3.05) is 20.3 Å². The smallest absolute Gasteiger partial charge is 0.242 e. The first-order chi connectivity index (χ1) is 11.6. The highest BCUT2D eigenvalue weighted by molar-refractivity contribution is 5.85. The summed E-state index contributed by atoms with van der Waals surface area (Å²) in [5.41, 5.74) is 9.18. The van der Waals surface area contributed by atoms with E-state index in [0.29, 0.717) is 6.54 Å². The molecule has 1 amide bonds. The van der Waals surface area contributed by atoms with Crippen LogP contribution >= 0.6 is 24.8 Å². The van der Waals surface area contributed by atoms with Crippen LogP contribution < -0.4 is 5.73 Å². The van der Waals surface area contributed by atoms with E-state index in [9.17, 15) is 4.79 Å². The van der Waals surface area contributed by atoms with Crippen LogP contribution in [0.3, 0.4) is 0 Å². The molecular weight excluding hydrogens is 375 g/mol. The number of likely N-dealkylation sites (tertiary alicyclic amines) is 1. The maximum Gasteiger partial charge on any atom is 0.242 e. The largest absolute Gasteiger partial charge is 0.383 e. The van der Waals surface area contributed by atoms with Crippen LogP contribution in [0.1, 0.15) is 30.3 Å². The van der Waals surface area contributed by atoms with Gasteiger partial charge in [-0.1, -0.05) is 23.8 Å². The molecule has 3 N–H and O–H groups in total. The molecule has 0 aliphatic carbocycles. The quantitative estimate of drug-likeness (QED) is 0.807. The zero-order valence-corrected chi connectivity index (χ0v) is 16.6. The number of rotatable bonds is 5. The molecule has 1 aromatic heterocycles. The van der Waals surface area contributed by atoms with Gasteiger partial charge in [0, 0.05) is 13.7 Å². The first-order valence-corrected chi connectivity index (χ1v) is 8.27. The minimum absolute atomic E-state index is 0. The molecule has 2 unspecified atom stereocenters. The number of aryl methyl sites for hydroxylation is 1. The van der Waals surface area contributed by atoms with Crippen molar-refractivity contribution in [2.45, 2.75) is 31.8 Å². The number of aromatic nitrogens is 2. The number of carbonyl (C=O) groups is 1. The fourth-order valence-electron chi connectivity index (χ4n) is 3.24. The van der Waals surface area contributed by atoms with Gasteiger partial charge in [0.05, 0.1) is 24.5 Å². The molecule has 1 fully saturated rings. The van der Waals surface area contributed by atoms with Crippen LogP contribution in [-0.2, 0) is 9.53 Å². The minimum Gasteiger partial charge on any atom is -0.383 e. The van der Waals surface area contributed by atoms with Crippen LogP contribution in [0.15, 0.2) is 30.5 Å². The van der Waals surface area contributed by atoms with Crippen LogP contribution in [0, 0.1) is 6.92 Å². The molecule has 1 aromatic carbocycles.